The molecular formula is C28H50ClN7O10. The molecule has 0 aliphatic heterocycles. The molecule has 46 heavy (non-hydrogen) atoms. The molecule has 18 heteroatoms. The number of nitrogens with two attached hydrogens (primary N) is 1. The predicted octanol–water partition coefficient (Wildman–Crippen LogP) is -2.39. The third-order valence-electron chi connectivity index (χ3n) is 6.85. The summed E-state index contributed by atoms with van der Waals surface area (Å²) in [6.07, 6.45) is 0.0814. The van der Waals surface area contributed by atoms with E-state index in [1.165, 1.54) is 27.7 Å². The Morgan fingerprint density at radius 2 is 1.28 bits per heavy atom. The lowest BCUT2D eigenvalue weighted by Crippen LogP contribution is -2.61. The van der Waals surface area contributed by atoms with Crippen molar-refractivity contribution in [2.45, 2.75) is 110 Å². The summed E-state index contributed by atoms with van der Waals surface area (Å²) in [5.41, 5.74) is 5.52. The average molecular weight is 680 g/mol. The monoisotopic (exact) mass is 679 g/mol. The van der Waals surface area contributed by atoms with Crippen molar-refractivity contribution in [2.24, 2.45) is 11.7 Å². The van der Waals surface area contributed by atoms with Crippen LogP contribution in [0.25, 0.3) is 0 Å². The minimum Gasteiger partial charge on any atom is -0.481 e. The van der Waals surface area contributed by atoms with Crippen molar-refractivity contribution in [2.75, 3.05) is 13.1 Å². The second kappa shape index (κ2) is 22.6. The number of rotatable bonds is 21. The van der Waals surface area contributed by atoms with Crippen molar-refractivity contribution in [3.63, 3.8) is 0 Å². The number of halogens is 1. The molecule has 0 saturated carbocycles. The van der Waals surface area contributed by atoms with E-state index in [-0.39, 0.29) is 25.4 Å². The van der Waals surface area contributed by atoms with Gasteiger partial charge in [-0.2, -0.15) is 0 Å². The molecule has 0 aliphatic carbocycles. The third-order valence-corrected chi connectivity index (χ3v) is 6.85. The molecule has 7 atom stereocenters. The number of nitrogens with one attached hydrogen (secondary N) is 6. The summed E-state index contributed by atoms with van der Waals surface area (Å²) in [5, 5.41) is 33.2. The van der Waals surface area contributed by atoms with Crippen LogP contribution >= 0.6 is 12.4 Å². The molecule has 0 saturated heterocycles. The number of unbranched alkanes of at least 4 members (excludes halogenated alkanes) is 1. The van der Waals surface area contributed by atoms with Gasteiger partial charge in [0.25, 0.3) is 5.91 Å². The largest absolute Gasteiger partial charge is 0.481 e. The SMILES string of the molecule is CCC(C)[C@H](NC(=O)[C@H](CCCCN)NC(C)=O)C(=O)N[C@H](C(=O)N[C@@H](C)C(=O)NC(C)C(=O)C(=O)NCCC(=O)O)[C@@H](C)O.Cl. The number of amides is 6. The highest BCUT2D eigenvalue weighted by molar-refractivity contribution is 6.38. The molecule has 0 radical (unpaired) electrons. The first-order chi connectivity index (χ1) is 21.0. The normalized spacial score (nSPS) is 15.1. The zero-order valence-electron chi connectivity index (χ0n) is 27.1. The molecule has 0 bridgehead atoms. The van der Waals surface area contributed by atoms with Crippen molar-refractivity contribution in [3.8, 4) is 0 Å². The van der Waals surface area contributed by atoms with E-state index < -0.39 is 95.8 Å². The van der Waals surface area contributed by atoms with E-state index >= 15 is 0 Å². The van der Waals surface area contributed by atoms with E-state index in [0.29, 0.717) is 25.8 Å². The number of carbonyl (C=O) groups excluding carboxylic acids is 7. The fourth-order valence-electron chi connectivity index (χ4n) is 3.95. The molecule has 10 N–H and O–H groups in total. The molecule has 0 aliphatic rings. The second-order valence-corrected chi connectivity index (χ2v) is 10.9. The van der Waals surface area contributed by atoms with Crippen LogP contribution in [0.2, 0.25) is 0 Å². The number of aliphatic hydroxyl groups excluding tert-OH is 1. The van der Waals surface area contributed by atoms with Crippen molar-refractivity contribution < 1.29 is 48.6 Å². The first-order valence-electron chi connectivity index (χ1n) is 14.9. The summed E-state index contributed by atoms with van der Waals surface area (Å²) in [6, 6.07) is -6.21. The summed E-state index contributed by atoms with van der Waals surface area (Å²) in [6.45, 7) is 8.59. The van der Waals surface area contributed by atoms with Crippen LogP contribution in [0.4, 0.5) is 0 Å². The maximum Gasteiger partial charge on any atom is 0.305 e. The van der Waals surface area contributed by atoms with Crippen molar-refractivity contribution in [3.05, 3.63) is 0 Å². The number of hydrogen-bond acceptors (Lipinski definition) is 10. The summed E-state index contributed by atoms with van der Waals surface area (Å²) >= 11 is 0. The van der Waals surface area contributed by atoms with Gasteiger partial charge in [-0.15, -0.1) is 12.4 Å². The molecule has 0 heterocycles. The van der Waals surface area contributed by atoms with Gasteiger partial charge in [0.15, 0.2) is 0 Å². The summed E-state index contributed by atoms with van der Waals surface area (Å²) < 4.78 is 0. The first kappa shape index (κ1) is 44.3. The number of hydrogen-bond donors (Lipinski definition) is 9. The minimum atomic E-state index is -1.55. The van der Waals surface area contributed by atoms with Gasteiger partial charge in [-0.3, -0.25) is 38.4 Å². The van der Waals surface area contributed by atoms with Gasteiger partial charge in [0.05, 0.1) is 18.6 Å². The molecule has 0 aromatic heterocycles. The number of ketones is 1. The Hall–Kier alpha value is -3.83. The van der Waals surface area contributed by atoms with Gasteiger partial charge < -0.3 is 47.8 Å². The van der Waals surface area contributed by atoms with E-state index in [9.17, 15) is 43.5 Å². The first-order valence-corrected chi connectivity index (χ1v) is 14.9. The number of carboxylic acids is 1. The van der Waals surface area contributed by atoms with Gasteiger partial charge in [-0.25, -0.2) is 0 Å². The van der Waals surface area contributed by atoms with Crippen molar-refractivity contribution >= 4 is 59.6 Å². The third kappa shape index (κ3) is 16.5. The summed E-state index contributed by atoms with van der Waals surface area (Å²) in [5.74, 6) is -7.37. The van der Waals surface area contributed by atoms with Crippen molar-refractivity contribution in [1.29, 1.82) is 0 Å². The quantitative estimate of drug-likeness (QED) is 0.0456. The molecule has 6 amide bonds. The lowest BCUT2D eigenvalue weighted by Gasteiger charge is -2.29. The highest BCUT2D eigenvalue weighted by Crippen LogP contribution is 2.11. The zero-order chi connectivity index (χ0) is 34.9. The second-order valence-electron chi connectivity index (χ2n) is 10.9. The molecule has 0 spiro atoms. The lowest BCUT2D eigenvalue weighted by atomic mass is 9.96. The van der Waals surface area contributed by atoms with Crippen LogP contribution in [0, 0.1) is 5.92 Å². The van der Waals surface area contributed by atoms with E-state index in [4.69, 9.17) is 10.8 Å². The molecule has 0 fully saturated rings. The number of carbonyl (C=O) groups is 8. The predicted molar refractivity (Wildman–Crippen MR) is 168 cm³/mol. The van der Waals surface area contributed by atoms with Crippen LogP contribution in [0.5, 0.6) is 0 Å². The fraction of sp³-hybridized carbons (Fsp3) is 0.714. The van der Waals surface area contributed by atoms with Crippen LogP contribution in [-0.2, 0) is 38.4 Å². The lowest BCUT2D eigenvalue weighted by molar-refractivity contribution is -0.141. The van der Waals surface area contributed by atoms with E-state index in [1.54, 1.807) is 13.8 Å². The standard InChI is InChI=1S/C28H49N7O10.ClH/c1-7-14(2)21(34-25(42)19(33-18(6)37)10-8-9-12-29)26(43)35-22(17(5)36)27(44)32-16(4)24(41)31-15(3)23(40)28(45)30-13-11-20(38)39;/h14-17,19,21-22,36H,7-13,29H2,1-6H3,(H,30,45)(H,31,41)(H,32,44)(H,33,37)(H,34,42)(H,35,43)(H,38,39);1H/t14?,15?,16-,17+,19-,21-,22-;/m0./s1. The Balaban J connectivity index is 0. The number of carboxylic acid groups (broad SMARTS) is 1. The van der Waals surface area contributed by atoms with Gasteiger partial charge in [-0.1, -0.05) is 20.3 Å². The van der Waals surface area contributed by atoms with Gasteiger partial charge in [-0.05, 0) is 52.5 Å². The maximum absolute atomic E-state index is 13.3. The Bertz CT molecular complexity index is 1080. The Morgan fingerprint density at radius 3 is 1.78 bits per heavy atom. The number of aliphatic carboxylic acids is 1. The van der Waals surface area contributed by atoms with Gasteiger partial charge in [0.1, 0.15) is 24.2 Å². The van der Waals surface area contributed by atoms with Crippen LogP contribution in [-0.4, -0.2) is 107 Å². The highest BCUT2D eigenvalue weighted by atomic mass is 35.5. The Morgan fingerprint density at radius 1 is 0.739 bits per heavy atom. The topological polar surface area (TPSA) is 275 Å². The Labute approximate surface area is 274 Å². The summed E-state index contributed by atoms with van der Waals surface area (Å²) in [7, 11) is 0. The van der Waals surface area contributed by atoms with E-state index in [0.717, 1.165) is 0 Å². The fourth-order valence-corrected chi connectivity index (χ4v) is 3.95. The molecule has 17 nitrogen and oxygen atoms in total. The van der Waals surface area contributed by atoms with E-state index in [1.807, 2.05) is 0 Å². The minimum absolute atomic E-state index is 0. The zero-order valence-corrected chi connectivity index (χ0v) is 28.0. The van der Waals surface area contributed by atoms with Gasteiger partial charge in [0.2, 0.25) is 35.3 Å². The molecule has 2 unspecified atom stereocenters. The Kier molecular flexibility index (Phi) is 21.8. The number of Topliss-reactive ketones (excluding diaryl/α,β-unsaturated/α-hetero) is 1. The van der Waals surface area contributed by atoms with Gasteiger partial charge >= 0.3 is 5.97 Å². The molecular weight excluding hydrogens is 630 g/mol. The average Bonchev–Trinajstić information content (AvgIpc) is 2.96. The summed E-state index contributed by atoms with van der Waals surface area (Å²) in [4.78, 5) is 98.3. The molecule has 264 valence electrons. The van der Waals surface area contributed by atoms with Crippen LogP contribution in [0.1, 0.15) is 73.6 Å². The number of aliphatic hydroxyl groups is 1. The van der Waals surface area contributed by atoms with Crippen LogP contribution in [0.3, 0.4) is 0 Å². The molecule has 0 rings (SSSR count). The van der Waals surface area contributed by atoms with Crippen molar-refractivity contribution in [1.82, 2.24) is 31.9 Å². The maximum atomic E-state index is 13.3. The van der Waals surface area contributed by atoms with E-state index in [2.05, 4.69) is 31.9 Å². The van der Waals surface area contributed by atoms with Crippen LogP contribution in [0.15, 0.2) is 0 Å². The highest BCUT2D eigenvalue weighted by Gasteiger charge is 2.34. The molecule has 0 aromatic carbocycles. The van der Waals surface area contributed by atoms with Gasteiger partial charge in [0, 0.05) is 13.5 Å². The van der Waals surface area contributed by atoms with Crippen LogP contribution < -0.4 is 37.6 Å². The smallest absolute Gasteiger partial charge is 0.305 e. The molecule has 0 aromatic rings.